The van der Waals surface area contributed by atoms with Gasteiger partial charge < -0.3 is 19.5 Å². The molecule has 1 aliphatic carbocycles. The third-order valence-corrected chi connectivity index (χ3v) is 5.30. The van der Waals surface area contributed by atoms with Gasteiger partial charge in [0.2, 0.25) is 0 Å². The van der Waals surface area contributed by atoms with Gasteiger partial charge in [-0.05, 0) is 37.5 Å². The lowest BCUT2D eigenvalue weighted by molar-refractivity contribution is 0.0315. The number of benzene rings is 1. The Morgan fingerprint density at radius 2 is 1.79 bits per heavy atom. The molecular formula is C18H24N2O4. The van der Waals surface area contributed by atoms with Crippen molar-refractivity contribution >= 4 is 5.91 Å². The van der Waals surface area contributed by atoms with Crippen LogP contribution in [-0.4, -0.2) is 72.4 Å². The Morgan fingerprint density at radius 3 is 2.50 bits per heavy atom. The summed E-state index contributed by atoms with van der Waals surface area (Å²) in [6, 6.07) is 5.68. The number of aliphatic hydroxyl groups excluding tert-OH is 1. The molecule has 0 spiro atoms. The molecule has 1 aromatic rings. The highest BCUT2D eigenvalue weighted by atomic mass is 16.6. The molecule has 0 aromatic heterocycles. The van der Waals surface area contributed by atoms with E-state index < -0.39 is 0 Å². The summed E-state index contributed by atoms with van der Waals surface area (Å²) in [7, 11) is 0. The fourth-order valence-corrected chi connectivity index (χ4v) is 3.96. The maximum Gasteiger partial charge on any atom is 0.254 e. The summed E-state index contributed by atoms with van der Waals surface area (Å²) in [5.41, 5.74) is 0.647. The number of piperazine rings is 1. The topological polar surface area (TPSA) is 62.2 Å². The van der Waals surface area contributed by atoms with Crippen LogP contribution in [0.4, 0.5) is 0 Å². The molecule has 4 rings (SSSR count). The summed E-state index contributed by atoms with van der Waals surface area (Å²) >= 11 is 0. The fraction of sp³-hybridized carbons (Fsp3) is 0.611. The number of ether oxygens (including phenoxy) is 2. The van der Waals surface area contributed by atoms with Crippen LogP contribution in [0.3, 0.4) is 0 Å². The number of nitrogens with zero attached hydrogens (tertiary/aromatic N) is 2. The number of carbonyl (C=O) groups is 1. The molecule has 1 N–H and O–H groups in total. The standard InChI is InChI=1S/C18H24N2O4/c21-15-3-1-2-14(15)19-6-8-20(9-7-19)18(22)13-4-5-16-17(12-13)24-11-10-23-16/h4-5,12,14-15,21H,1-3,6-11H2/t14-,15+/m0/s1. The maximum absolute atomic E-state index is 12.7. The molecule has 24 heavy (non-hydrogen) atoms. The van der Waals surface area contributed by atoms with Gasteiger partial charge in [-0.1, -0.05) is 0 Å². The van der Waals surface area contributed by atoms with Crippen molar-refractivity contribution in [1.29, 1.82) is 0 Å². The Morgan fingerprint density at radius 1 is 1.04 bits per heavy atom. The van der Waals surface area contributed by atoms with Crippen molar-refractivity contribution in [2.24, 2.45) is 0 Å². The van der Waals surface area contributed by atoms with E-state index in [0.717, 1.165) is 32.4 Å². The van der Waals surface area contributed by atoms with Gasteiger partial charge in [0.05, 0.1) is 6.10 Å². The largest absolute Gasteiger partial charge is 0.486 e. The minimum Gasteiger partial charge on any atom is -0.486 e. The molecular weight excluding hydrogens is 308 g/mol. The molecule has 1 saturated heterocycles. The number of carbonyl (C=O) groups excluding carboxylic acids is 1. The van der Waals surface area contributed by atoms with Crippen LogP contribution in [0.15, 0.2) is 18.2 Å². The van der Waals surface area contributed by atoms with Gasteiger partial charge in [0.1, 0.15) is 13.2 Å². The van der Waals surface area contributed by atoms with E-state index in [2.05, 4.69) is 4.90 Å². The molecule has 1 amide bonds. The van der Waals surface area contributed by atoms with Crippen LogP contribution >= 0.6 is 0 Å². The zero-order chi connectivity index (χ0) is 16.5. The maximum atomic E-state index is 12.7. The molecule has 3 aliphatic rings. The van der Waals surface area contributed by atoms with Gasteiger partial charge in [-0.15, -0.1) is 0 Å². The van der Waals surface area contributed by atoms with Crippen molar-refractivity contribution in [1.82, 2.24) is 9.80 Å². The summed E-state index contributed by atoms with van der Waals surface area (Å²) in [5.74, 6) is 1.40. The quantitative estimate of drug-likeness (QED) is 0.880. The molecule has 2 fully saturated rings. The van der Waals surface area contributed by atoms with Crippen molar-refractivity contribution < 1.29 is 19.4 Å². The smallest absolute Gasteiger partial charge is 0.254 e. The first-order valence-corrected chi connectivity index (χ1v) is 8.83. The molecule has 6 nitrogen and oxygen atoms in total. The fourth-order valence-electron chi connectivity index (χ4n) is 3.96. The number of hydrogen-bond acceptors (Lipinski definition) is 5. The van der Waals surface area contributed by atoms with E-state index >= 15 is 0 Å². The highest BCUT2D eigenvalue weighted by Gasteiger charge is 2.33. The number of amides is 1. The second-order valence-electron chi connectivity index (χ2n) is 6.75. The Labute approximate surface area is 141 Å². The third kappa shape index (κ3) is 2.96. The van der Waals surface area contributed by atoms with Crippen molar-refractivity contribution in [2.75, 3.05) is 39.4 Å². The van der Waals surface area contributed by atoms with Gasteiger partial charge >= 0.3 is 0 Å². The predicted molar refractivity (Wildman–Crippen MR) is 88.6 cm³/mol. The molecule has 0 radical (unpaired) electrons. The summed E-state index contributed by atoms with van der Waals surface area (Å²) in [5, 5.41) is 10.1. The van der Waals surface area contributed by atoms with Crippen LogP contribution in [0.1, 0.15) is 29.6 Å². The van der Waals surface area contributed by atoms with E-state index in [1.165, 1.54) is 0 Å². The van der Waals surface area contributed by atoms with Gasteiger partial charge in [-0.3, -0.25) is 9.69 Å². The van der Waals surface area contributed by atoms with Crippen molar-refractivity contribution in [3.63, 3.8) is 0 Å². The van der Waals surface area contributed by atoms with E-state index in [1.807, 2.05) is 17.0 Å². The summed E-state index contributed by atoms with van der Waals surface area (Å²) in [4.78, 5) is 17.0. The average Bonchev–Trinajstić information content (AvgIpc) is 3.07. The molecule has 6 heteroatoms. The Balaban J connectivity index is 1.39. The van der Waals surface area contributed by atoms with Crippen LogP contribution in [-0.2, 0) is 0 Å². The second-order valence-corrected chi connectivity index (χ2v) is 6.75. The monoisotopic (exact) mass is 332 g/mol. The zero-order valence-electron chi connectivity index (χ0n) is 13.8. The first-order valence-electron chi connectivity index (χ1n) is 8.83. The van der Waals surface area contributed by atoms with E-state index in [9.17, 15) is 9.90 Å². The second kappa shape index (κ2) is 6.61. The molecule has 1 saturated carbocycles. The van der Waals surface area contributed by atoms with E-state index in [-0.39, 0.29) is 18.1 Å². The lowest BCUT2D eigenvalue weighted by atomic mass is 10.1. The lowest BCUT2D eigenvalue weighted by Gasteiger charge is -2.39. The molecule has 1 aromatic carbocycles. The SMILES string of the molecule is O=C(c1ccc2c(c1)OCCO2)N1CCN([C@H]2CCC[C@H]2O)CC1. The molecule has 2 heterocycles. The van der Waals surface area contributed by atoms with Crippen LogP contribution < -0.4 is 9.47 Å². The molecule has 2 aliphatic heterocycles. The van der Waals surface area contributed by atoms with Crippen molar-refractivity contribution in [3.05, 3.63) is 23.8 Å². The molecule has 130 valence electrons. The normalized spacial score (nSPS) is 27.3. The van der Waals surface area contributed by atoms with Crippen LogP contribution in [0.5, 0.6) is 11.5 Å². The summed E-state index contributed by atoms with van der Waals surface area (Å²) in [6.07, 6.45) is 2.87. The first kappa shape index (κ1) is 15.7. The third-order valence-electron chi connectivity index (χ3n) is 5.30. The minimum atomic E-state index is -0.204. The van der Waals surface area contributed by atoms with Crippen molar-refractivity contribution in [2.45, 2.75) is 31.4 Å². The number of rotatable bonds is 2. The van der Waals surface area contributed by atoms with Crippen LogP contribution in [0.2, 0.25) is 0 Å². The Bertz CT molecular complexity index is 613. The van der Waals surface area contributed by atoms with E-state index in [4.69, 9.17) is 9.47 Å². The summed E-state index contributed by atoms with van der Waals surface area (Å²) < 4.78 is 11.1. The number of fused-ring (bicyclic) bond motifs is 1. The highest BCUT2D eigenvalue weighted by Crippen LogP contribution is 2.31. The van der Waals surface area contributed by atoms with Crippen LogP contribution in [0.25, 0.3) is 0 Å². The number of aliphatic hydroxyl groups is 1. The first-order chi connectivity index (χ1) is 11.7. The van der Waals surface area contributed by atoms with Gasteiger partial charge in [0.15, 0.2) is 11.5 Å². The van der Waals surface area contributed by atoms with E-state index in [1.54, 1.807) is 6.07 Å². The molecule has 0 unspecified atom stereocenters. The molecule has 0 bridgehead atoms. The van der Waals surface area contributed by atoms with Gasteiger partial charge in [-0.2, -0.15) is 0 Å². The Hall–Kier alpha value is -1.79. The lowest BCUT2D eigenvalue weighted by Crippen LogP contribution is -2.53. The summed E-state index contributed by atoms with van der Waals surface area (Å²) in [6.45, 7) is 4.14. The van der Waals surface area contributed by atoms with E-state index in [0.29, 0.717) is 43.4 Å². The average molecular weight is 332 g/mol. The Kier molecular flexibility index (Phi) is 4.33. The molecule has 2 atom stereocenters. The number of hydrogen-bond donors (Lipinski definition) is 1. The highest BCUT2D eigenvalue weighted by molar-refractivity contribution is 5.95. The van der Waals surface area contributed by atoms with Crippen LogP contribution in [0, 0.1) is 0 Å². The predicted octanol–water partition coefficient (Wildman–Crippen LogP) is 1.13. The van der Waals surface area contributed by atoms with Gasteiger partial charge in [0, 0.05) is 37.8 Å². The van der Waals surface area contributed by atoms with Gasteiger partial charge in [0.25, 0.3) is 5.91 Å². The minimum absolute atomic E-state index is 0.0404. The van der Waals surface area contributed by atoms with Crippen molar-refractivity contribution in [3.8, 4) is 11.5 Å². The zero-order valence-corrected chi connectivity index (χ0v) is 13.8. The van der Waals surface area contributed by atoms with Gasteiger partial charge in [-0.25, -0.2) is 0 Å².